The maximum Gasteiger partial charge on any atom is 0.261 e. The summed E-state index contributed by atoms with van der Waals surface area (Å²) in [7, 11) is 0. The number of hydrogen-bond acceptors (Lipinski definition) is 5. The lowest BCUT2D eigenvalue weighted by atomic mass is 10.1. The second-order valence-corrected chi connectivity index (χ2v) is 5.36. The number of hydrogen-bond donors (Lipinski definition) is 0. The smallest absolute Gasteiger partial charge is 0.261 e. The van der Waals surface area contributed by atoms with Crippen LogP contribution in [0.5, 0.6) is 11.5 Å². The Kier molecular flexibility index (Phi) is 4.66. The minimum absolute atomic E-state index is 0.136. The van der Waals surface area contributed by atoms with Gasteiger partial charge in [0.15, 0.2) is 11.5 Å². The molecule has 0 bridgehead atoms. The first-order valence-electron chi connectivity index (χ1n) is 7.90. The molecule has 1 heterocycles. The third-order valence-corrected chi connectivity index (χ3v) is 3.82. The number of ether oxygens (including phenoxy) is 2. The molecule has 2 aromatic rings. The van der Waals surface area contributed by atoms with Gasteiger partial charge in [0.1, 0.15) is 6.61 Å². The Morgan fingerprint density at radius 3 is 2.28 bits per heavy atom. The molecular formula is C19H16N2O4. The van der Waals surface area contributed by atoms with Crippen molar-refractivity contribution in [1.82, 2.24) is 4.90 Å². The van der Waals surface area contributed by atoms with Gasteiger partial charge in [-0.05, 0) is 31.2 Å². The SMILES string of the molecule is CCOc1cc(C#N)ccc1OCCN1C(=O)c2ccccc2C1=O. The number of rotatable bonds is 6. The van der Waals surface area contributed by atoms with Gasteiger partial charge in [-0.2, -0.15) is 5.26 Å². The zero-order valence-electron chi connectivity index (χ0n) is 13.7. The van der Waals surface area contributed by atoms with Gasteiger partial charge in [0.2, 0.25) is 0 Å². The van der Waals surface area contributed by atoms with E-state index in [1.165, 1.54) is 4.90 Å². The predicted octanol–water partition coefficient (Wildman–Crippen LogP) is 2.63. The molecule has 0 saturated heterocycles. The van der Waals surface area contributed by atoms with Crippen molar-refractivity contribution in [3.05, 3.63) is 59.2 Å². The first-order chi connectivity index (χ1) is 12.2. The van der Waals surface area contributed by atoms with Crippen LogP contribution in [0.15, 0.2) is 42.5 Å². The fourth-order valence-corrected chi connectivity index (χ4v) is 2.65. The van der Waals surface area contributed by atoms with Crippen molar-refractivity contribution in [2.24, 2.45) is 0 Å². The van der Waals surface area contributed by atoms with Gasteiger partial charge >= 0.3 is 0 Å². The molecule has 3 rings (SSSR count). The first kappa shape index (κ1) is 16.5. The fourth-order valence-electron chi connectivity index (χ4n) is 2.65. The molecular weight excluding hydrogens is 320 g/mol. The third kappa shape index (κ3) is 3.17. The number of amides is 2. The highest BCUT2D eigenvalue weighted by molar-refractivity contribution is 6.21. The summed E-state index contributed by atoms with van der Waals surface area (Å²) >= 11 is 0. The highest BCUT2D eigenvalue weighted by atomic mass is 16.5. The van der Waals surface area contributed by atoms with Gasteiger partial charge in [0.05, 0.1) is 35.9 Å². The van der Waals surface area contributed by atoms with Crippen molar-refractivity contribution < 1.29 is 19.1 Å². The molecule has 1 aliphatic rings. The van der Waals surface area contributed by atoms with Crippen LogP contribution >= 0.6 is 0 Å². The van der Waals surface area contributed by atoms with Crippen LogP contribution in [-0.2, 0) is 0 Å². The summed E-state index contributed by atoms with van der Waals surface area (Å²) in [6.45, 7) is 2.54. The second kappa shape index (κ2) is 7.05. The predicted molar refractivity (Wildman–Crippen MR) is 89.6 cm³/mol. The summed E-state index contributed by atoms with van der Waals surface area (Å²) in [5.41, 5.74) is 1.30. The van der Waals surface area contributed by atoms with Crippen molar-refractivity contribution in [3.63, 3.8) is 0 Å². The van der Waals surface area contributed by atoms with E-state index in [1.54, 1.807) is 42.5 Å². The van der Waals surface area contributed by atoms with E-state index >= 15 is 0 Å². The number of benzene rings is 2. The van der Waals surface area contributed by atoms with Crippen molar-refractivity contribution in [2.45, 2.75) is 6.92 Å². The van der Waals surface area contributed by atoms with Crippen molar-refractivity contribution in [3.8, 4) is 17.6 Å². The number of carbonyl (C=O) groups is 2. The van der Waals surface area contributed by atoms with E-state index in [1.807, 2.05) is 13.0 Å². The summed E-state index contributed by atoms with van der Waals surface area (Å²) in [5.74, 6) is 0.310. The highest BCUT2D eigenvalue weighted by Crippen LogP contribution is 2.28. The minimum atomic E-state index is -0.311. The number of nitrogens with zero attached hydrogens (tertiary/aromatic N) is 2. The summed E-state index contributed by atoms with van der Waals surface area (Å²) in [4.78, 5) is 25.8. The summed E-state index contributed by atoms with van der Waals surface area (Å²) in [5, 5.41) is 8.96. The molecule has 0 radical (unpaired) electrons. The molecule has 2 aromatic carbocycles. The molecule has 0 aromatic heterocycles. The molecule has 25 heavy (non-hydrogen) atoms. The van der Waals surface area contributed by atoms with Crippen molar-refractivity contribution in [1.29, 1.82) is 5.26 Å². The van der Waals surface area contributed by atoms with Crippen LogP contribution < -0.4 is 9.47 Å². The van der Waals surface area contributed by atoms with Gasteiger partial charge in [-0.1, -0.05) is 12.1 Å². The summed E-state index contributed by atoms with van der Waals surface area (Å²) in [6, 6.07) is 13.7. The highest BCUT2D eigenvalue weighted by Gasteiger charge is 2.34. The summed E-state index contributed by atoms with van der Waals surface area (Å²) in [6.07, 6.45) is 0. The third-order valence-electron chi connectivity index (χ3n) is 3.82. The molecule has 0 unspecified atom stereocenters. The Morgan fingerprint density at radius 1 is 1.00 bits per heavy atom. The maximum atomic E-state index is 12.3. The van der Waals surface area contributed by atoms with Gasteiger partial charge in [0.25, 0.3) is 11.8 Å². The minimum Gasteiger partial charge on any atom is -0.490 e. The van der Waals surface area contributed by atoms with Gasteiger partial charge in [-0.15, -0.1) is 0 Å². The molecule has 0 saturated carbocycles. The Morgan fingerprint density at radius 2 is 1.68 bits per heavy atom. The molecule has 0 N–H and O–H groups in total. The Balaban J connectivity index is 1.67. The Bertz CT molecular complexity index is 835. The van der Waals surface area contributed by atoms with Crippen molar-refractivity contribution >= 4 is 11.8 Å². The largest absolute Gasteiger partial charge is 0.490 e. The van der Waals surface area contributed by atoms with Crippen LogP contribution in [-0.4, -0.2) is 36.5 Å². The monoisotopic (exact) mass is 336 g/mol. The van der Waals surface area contributed by atoms with Crippen LogP contribution in [0.25, 0.3) is 0 Å². The number of nitriles is 1. The second-order valence-electron chi connectivity index (χ2n) is 5.36. The van der Waals surface area contributed by atoms with Gasteiger partial charge in [-0.3, -0.25) is 14.5 Å². The molecule has 6 heteroatoms. The standard InChI is InChI=1S/C19H16N2O4/c1-2-24-17-11-13(12-20)7-8-16(17)25-10-9-21-18(22)14-5-3-4-6-15(14)19(21)23/h3-8,11H,2,9-10H2,1H3. The lowest BCUT2D eigenvalue weighted by molar-refractivity contribution is 0.0630. The van der Waals surface area contributed by atoms with Crippen molar-refractivity contribution in [2.75, 3.05) is 19.8 Å². The van der Waals surface area contributed by atoms with Gasteiger partial charge in [0, 0.05) is 6.07 Å². The molecule has 1 aliphatic heterocycles. The average Bonchev–Trinajstić information content (AvgIpc) is 2.88. The van der Waals surface area contributed by atoms with E-state index in [9.17, 15) is 9.59 Å². The topological polar surface area (TPSA) is 79.6 Å². The molecule has 0 atom stereocenters. The first-order valence-corrected chi connectivity index (χ1v) is 7.90. The van der Waals surface area contributed by atoms with Crippen LogP contribution in [0, 0.1) is 11.3 Å². The van der Waals surface area contributed by atoms with E-state index in [-0.39, 0.29) is 25.0 Å². The number of carbonyl (C=O) groups excluding carboxylic acids is 2. The van der Waals surface area contributed by atoms with Gasteiger partial charge < -0.3 is 9.47 Å². The quantitative estimate of drug-likeness (QED) is 0.758. The Hall–Kier alpha value is -3.33. The zero-order valence-corrected chi connectivity index (χ0v) is 13.7. The molecule has 0 spiro atoms. The normalized spacial score (nSPS) is 12.7. The van der Waals surface area contributed by atoms with E-state index < -0.39 is 0 Å². The molecule has 0 aliphatic carbocycles. The molecule has 2 amide bonds. The van der Waals surface area contributed by atoms with Crippen LogP contribution in [0.2, 0.25) is 0 Å². The van der Waals surface area contributed by atoms with Crippen LogP contribution in [0.4, 0.5) is 0 Å². The number of imide groups is 1. The maximum absolute atomic E-state index is 12.3. The van der Waals surface area contributed by atoms with E-state index in [4.69, 9.17) is 14.7 Å². The average molecular weight is 336 g/mol. The Labute approximate surface area is 145 Å². The lowest BCUT2D eigenvalue weighted by Gasteiger charge is -2.16. The van der Waals surface area contributed by atoms with Crippen LogP contribution in [0.3, 0.4) is 0 Å². The fraction of sp³-hybridized carbons (Fsp3) is 0.211. The summed E-state index contributed by atoms with van der Waals surface area (Å²) < 4.78 is 11.1. The zero-order chi connectivity index (χ0) is 17.8. The lowest BCUT2D eigenvalue weighted by Crippen LogP contribution is -2.33. The number of fused-ring (bicyclic) bond motifs is 1. The molecule has 6 nitrogen and oxygen atoms in total. The van der Waals surface area contributed by atoms with E-state index in [0.29, 0.717) is 34.8 Å². The van der Waals surface area contributed by atoms with E-state index in [0.717, 1.165) is 0 Å². The molecule has 0 fully saturated rings. The van der Waals surface area contributed by atoms with Crippen LogP contribution in [0.1, 0.15) is 33.2 Å². The van der Waals surface area contributed by atoms with Gasteiger partial charge in [-0.25, -0.2) is 0 Å². The van der Waals surface area contributed by atoms with E-state index in [2.05, 4.69) is 0 Å². The molecule has 126 valence electrons.